The molecule has 0 saturated heterocycles. The summed E-state index contributed by atoms with van der Waals surface area (Å²) < 4.78 is 42.9. The molecule has 0 aliphatic rings. The van der Waals surface area contributed by atoms with Gasteiger partial charge in [0.15, 0.2) is 0 Å². The Labute approximate surface area is 109 Å². The maximum absolute atomic E-state index is 12.7. The molecule has 6 heteroatoms. The standard InChI is InChI=1S/C13H16F3NO2/c1-3-19-12(18)11(17)7-9-5-4-6-10(8(9)2)13(14,15)16/h4-6,11H,3,7,17H2,1-2H3. The van der Waals surface area contributed by atoms with Gasteiger partial charge in [0.1, 0.15) is 6.04 Å². The maximum Gasteiger partial charge on any atom is 0.416 e. The zero-order chi connectivity index (χ0) is 14.6. The van der Waals surface area contributed by atoms with Gasteiger partial charge in [0.2, 0.25) is 0 Å². The molecule has 106 valence electrons. The quantitative estimate of drug-likeness (QED) is 0.859. The Hall–Kier alpha value is -1.56. The van der Waals surface area contributed by atoms with Crippen molar-refractivity contribution in [3.63, 3.8) is 0 Å². The molecule has 1 aromatic carbocycles. The van der Waals surface area contributed by atoms with Crippen molar-refractivity contribution < 1.29 is 22.7 Å². The third kappa shape index (κ3) is 3.96. The van der Waals surface area contributed by atoms with E-state index in [0.29, 0.717) is 5.56 Å². The average molecular weight is 275 g/mol. The molecule has 2 N–H and O–H groups in total. The highest BCUT2D eigenvalue weighted by atomic mass is 19.4. The fraction of sp³-hybridized carbons (Fsp3) is 0.462. The number of hydrogen-bond donors (Lipinski definition) is 1. The van der Waals surface area contributed by atoms with Crippen LogP contribution in [0.2, 0.25) is 0 Å². The van der Waals surface area contributed by atoms with Gasteiger partial charge in [-0.15, -0.1) is 0 Å². The maximum atomic E-state index is 12.7. The van der Waals surface area contributed by atoms with Crippen LogP contribution in [-0.2, 0) is 22.1 Å². The molecule has 0 aromatic heterocycles. The number of carbonyl (C=O) groups is 1. The lowest BCUT2D eigenvalue weighted by atomic mass is 9.97. The van der Waals surface area contributed by atoms with Gasteiger partial charge in [-0.2, -0.15) is 13.2 Å². The topological polar surface area (TPSA) is 52.3 Å². The van der Waals surface area contributed by atoms with Gasteiger partial charge in [-0.1, -0.05) is 12.1 Å². The van der Waals surface area contributed by atoms with E-state index < -0.39 is 23.8 Å². The lowest BCUT2D eigenvalue weighted by Gasteiger charge is -2.16. The number of alkyl halides is 3. The average Bonchev–Trinajstić information content (AvgIpc) is 2.30. The smallest absolute Gasteiger partial charge is 0.416 e. The SMILES string of the molecule is CCOC(=O)C(N)Cc1cccc(C(F)(F)F)c1C. The first-order valence-electron chi connectivity index (χ1n) is 5.85. The second kappa shape index (κ2) is 6.06. The van der Waals surface area contributed by atoms with E-state index in [1.54, 1.807) is 6.92 Å². The number of esters is 1. The van der Waals surface area contributed by atoms with E-state index in [2.05, 4.69) is 0 Å². The van der Waals surface area contributed by atoms with Gasteiger partial charge < -0.3 is 10.5 Å². The number of hydrogen-bond acceptors (Lipinski definition) is 3. The van der Waals surface area contributed by atoms with E-state index in [9.17, 15) is 18.0 Å². The first kappa shape index (κ1) is 15.5. The van der Waals surface area contributed by atoms with Crippen LogP contribution in [0.15, 0.2) is 18.2 Å². The Balaban J connectivity index is 2.94. The fourth-order valence-electron chi connectivity index (χ4n) is 1.78. The van der Waals surface area contributed by atoms with Crippen LogP contribution in [-0.4, -0.2) is 18.6 Å². The van der Waals surface area contributed by atoms with Gasteiger partial charge in [0.25, 0.3) is 0 Å². The molecule has 0 heterocycles. The minimum atomic E-state index is -4.41. The van der Waals surface area contributed by atoms with Crippen LogP contribution in [0.1, 0.15) is 23.6 Å². The molecule has 0 aliphatic carbocycles. The Kier molecular flexibility index (Phi) is 4.94. The largest absolute Gasteiger partial charge is 0.465 e. The molecule has 1 rings (SSSR count). The fourth-order valence-corrected chi connectivity index (χ4v) is 1.78. The van der Waals surface area contributed by atoms with Gasteiger partial charge in [0.05, 0.1) is 12.2 Å². The lowest BCUT2D eigenvalue weighted by Crippen LogP contribution is -2.34. The van der Waals surface area contributed by atoms with Crippen molar-refractivity contribution in [1.29, 1.82) is 0 Å². The molecule has 0 amide bonds. The van der Waals surface area contributed by atoms with Crippen LogP contribution in [0.3, 0.4) is 0 Å². The van der Waals surface area contributed by atoms with E-state index in [4.69, 9.17) is 10.5 Å². The Morgan fingerprint density at radius 2 is 2.05 bits per heavy atom. The minimum Gasteiger partial charge on any atom is -0.465 e. The van der Waals surface area contributed by atoms with E-state index in [1.165, 1.54) is 19.1 Å². The number of ether oxygens (including phenoxy) is 1. The highest BCUT2D eigenvalue weighted by Crippen LogP contribution is 2.33. The predicted octanol–water partition coefficient (Wildman–Crippen LogP) is 2.45. The Bertz CT molecular complexity index is 458. The zero-order valence-electron chi connectivity index (χ0n) is 10.8. The zero-order valence-corrected chi connectivity index (χ0v) is 10.8. The molecular weight excluding hydrogens is 259 g/mol. The van der Waals surface area contributed by atoms with E-state index >= 15 is 0 Å². The monoisotopic (exact) mass is 275 g/mol. The molecule has 0 radical (unpaired) electrons. The van der Waals surface area contributed by atoms with E-state index in [0.717, 1.165) is 6.07 Å². The van der Waals surface area contributed by atoms with Crippen LogP contribution in [0, 0.1) is 6.92 Å². The van der Waals surface area contributed by atoms with Gasteiger partial charge in [-0.3, -0.25) is 4.79 Å². The Morgan fingerprint density at radius 1 is 1.42 bits per heavy atom. The molecule has 0 saturated carbocycles. The summed E-state index contributed by atoms with van der Waals surface area (Å²) in [7, 11) is 0. The summed E-state index contributed by atoms with van der Waals surface area (Å²) in [6.07, 6.45) is -4.39. The molecule has 0 aliphatic heterocycles. The summed E-state index contributed by atoms with van der Waals surface area (Å²) in [6, 6.07) is 2.89. The third-order valence-electron chi connectivity index (χ3n) is 2.78. The molecular formula is C13H16F3NO2. The first-order chi connectivity index (χ1) is 8.77. The highest BCUT2D eigenvalue weighted by molar-refractivity contribution is 5.76. The van der Waals surface area contributed by atoms with Gasteiger partial charge >= 0.3 is 12.1 Å². The first-order valence-corrected chi connectivity index (χ1v) is 5.85. The van der Waals surface area contributed by atoms with Crippen molar-refractivity contribution >= 4 is 5.97 Å². The molecule has 0 fully saturated rings. The van der Waals surface area contributed by atoms with Gasteiger partial charge in [-0.05, 0) is 37.5 Å². The molecule has 19 heavy (non-hydrogen) atoms. The molecule has 1 aromatic rings. The summed E-state index contributed by atoms with van der Waals surface area (Å²) in [5.41, 5.74) is 5.39. The number of carbonyl (C=O) groups excluding carboxylic acids is 1. The lowest BCUT2D eigenvalue weighted by molar-refractivity contribution is -0.144. The third-order valence-corrected chi connectivity index (χ3v) is 2.78. The molecule has 3 nitrogen and oxygen atoms in total. The number of halogens is 3. The van der Waals surface area contributed by atoms with Crippen molar-refractivity contribution in [3.8, 4) is 0 Å². The summed E-state index contributed by atoms with van der Waals surface area (Å²) in [4.78, 5) is 11.4. The van der Waals surface area contributed by atoms with Crippen molar-refractivity contribution in [3.05, 3.63) is 34.9 Å². The number of nitrogens with two attached hydrogens (primary N) is 1. The van der Waals surface area contributed by atoms with Gasteiger partial charge in [-0.25, -0.2) is 0 Å². The molecule has 0 bridgehead atoms. The second-order valence-electron chi connectivity index (χ2n) is 4.15. The second-order valence-corrected chi connectivity index (χ2v) is 4.15. The number of rotatable bonds is 4. The van der Waals surface area contributed by atoms with Crippen LogP contribution in [0.25, 0.3) is 0 Å². The summed E-state index contributed by atoms with van der Waals surface area (Å²) in [6.45, 7) is 3.20. The van der Waals surface area contributed by atoms with E-state index in [-0.39, 0.29) is 18.6 Å². The molecule has 0 spiro atoms. The van der Waals surface area contributed by atoms with Crippen molar-refractivity contribution in [2.75, 3.05) is 6.61 Å². The minimum absolute atomic E-state index is 0.0224. The Morgan fingerprint density at radius 3 is 2.58 bits per heavy atom. The van der Waals surface area contributed by atoms with Gasteiger partial charge in [0, 0.05) is 0 Å². The van der Waals surface area contributed by atoms with Crippen molar-refractivity contribution in [2.45, 2.75) is 32.5 Å². The van der Waals surface area contributed by atoms with Crippen molar-refractivity contribution in [2.24, 2.45) is 5.73 Å². The molecule has 1 unspecified atom stereocenters. The van der Waals surface area contributed by atoms with Crippen LogP contribution in [0.5, 0.6) is 0 Å². The summed E-state index contributed by atoms with van der Waals surface area (Å²) >= 11 is 0. The van der Waals surface area contributed by atoms with Crippen LogP contribution in [0.4, 0.5) is 13.2 Å². The molecule has 1 atom stereocenters. The number of benzene rings is 1. The predicted molar refractivity (Wildman–Crippen MR) is 64.5 cm³/mol. The normalized spacial score (nSPS) is 13.2. The summed E-state index contributed by atoms with van der Waals surface area (Å²) in [5, 5.41) is 0. The van der Waals surface area contributed by atoms with Crippen LogP contribution >= 0.6 is 0 Å². The highest BCUT2D eigenvalue weighted by Gasteiger charge is 2.33. The van der Waals surface area contributed by atoms with E-state index in [1.807, 2.05) is 0 Å². The van der Waals surface area contributed by atoms with Crippen molar-refractivity contribution in [1.82, 2.24) is 0 Å². The van der Waals surface area contributed by atoms with Crippen LogP contribution < -0.4 is 5.73 Å². The summed E-state index contributed by atoms with van der Waals surface area (Å²) in [5.74, 6) is -0.612.